The van der Waals surface area contributed by atoms with Crippen LogP contribution >= 0.6 is 11.8 Å². The first-order valence-electron chi connectivity index (χ1n) is 17.5. The van der Waals surface area contributed by atoms with Crippen LogP contribution in [0.15, 0.2) is 95.9 Å². The Hall–Kier alpha value is -5.04. The summed E-state index contributed by atoms with van der Waals surface area (Å²) in [4.78, 5) is 71.8. The number of ether oxygens (including phenoxy) is 3. The van der Waals surface area contributed by atoms with Gasteiger partial charge in [-0.05, 0) is 68.2 Å². The summed E-state index contributed by atoms with van der Waals surface area (Å²) < 4.78 is 16.8. The molecule has 3 atom stereocenters. The fourth-order valence-electron chi connectivity index (χ4n) is 6.87. The van der Waals surface area contributed by atoms with Crippen molar-refractivity contribution in [1.82, 2.24) is 20.0 Å². The number of piperidine rings is 1. The molecule has 0 aromatic heterocycles. The standard InChI is InChI=1S/C39H44N4O8S/c1-5-22-49-38(48)41-19-17-29(18-20-41)42-21-16-27(33(42)44)23-28-24-52-35-30(40-37(47)51-39(2,3)4)34(45)43(35)31(28)36(46)50-32(25-12-8-6-9-13-25)26-14-10-7-11-15-26/h5-15,23-24,29-32,35H,1,16-22H2,2-4H3,(H,40,47)/b27-23+/t30-,31-,35-/m1/s1. The van der Waals surface area contributed by atoms with Crippen molar-refractivity contribution in [2.24, 2.45) is 0 Å². The summed E-state index contributed by atoms with van der Waals surface area (Å²) in [6, 6.07) is 16.6. The minimum absolute atomic E-state index is 0.0455. The zero-order valence-corrected chi connectivity index (χ0v) is 30.4. The fraction of sp³-hybridized carbons (Fsp3) is 0.410. The van der Waals surface area contributed by atoms with Crippen LogP contribution in [0.1, 0.15) is 57.3 Å². The second-order valence-corrected chi connectivity index (χ2v) is 15.0. The molecule has 4 aliphatic rings. The van der Waals surface area contributed by atoms with Gasteiger partial charge in [0.2, 0.25) is 11.8 Å². The zero-order chi connectivity index (χ0) is 37.0. The second kappa shape index (κ2) is 15.7. The van der Waals surface area contributed by atoms with E-state index in [1.165, 1.54) is 22.7 Å². The van der Waals surface area contributed by atoms with Crippen molar-refractivity contribution < 1.29 is 38.2 Å². The highest BCUT2D eigenvalue weighted by Crippen LogP contribution is 2.42. The third-order valence-electron chi connectivity index (χ3n) is 9.34. The first-order chi connectivity index (χ1) is 24.9. The maximum absolute atomic E-state index is 14.4. The van der Waals surface area contributed by atoms with Crippen LogP contribution in [0, 0.1) is 0 Å². The van der Waals surface area contributed by atoms with Crippen molar-refractivity contribution >= 4 is 41.7 Å². The molecule has 1 N–H and O–H groups in total. The third kappa shape index (κ3) is 8.04. The highest BCUT2D eigenvalue weighted by atomic mass is 32.2. The molecule has 2 aromatic rings. The highest BCUT2D eigenvalue weighted by Gasteiger charge is 2.56. The van der Waals surface area contributed by atoms with Crippen LogP contribution in [0.4, 0.5) is 9.59 Å². The molecule has 4 aliphatic heterocycles. The number of benzene rings is 2. The molecule has 3 fully saturated rings. The molecule has 274 valence electrons. The van der Waals surface area contributed by atoms with Crippen LogP contribution in [-0.2, 0) is 28.6 Å². The summed E-state index contributed by atoms with van der Waals surface area (Å²) in [5, 5.41) is 3.85. The van der Waals surface area contributed by atoms with Gasteiger partial charge in [-0.1, -0.05) is 73.3 Å². The molecule has 6 rings (SSSR count). The molecule has 52 heavy (non-hydrogen) atoms. The van der Waals surface area contributed by atoms with E-state index in [-0.39, 0.29) is 18.6 Å². The summed E-state index contributed by atoms with van der Waals surface area (Å²) in [7, 11) is 0. The van der Waals surface area contributed by atoms with E-state index in [9.17, 15) is 24.0 Å². The summed E-state index contributed by atoms with van der Waals surface area (Å²) in [5.41, 5.74) is 1.74. The Bertz CT molecular complexity index is 1710. The normalized spacial score (nSPS) is 22.8. The van der Waals surface area contributed by atoms with E-state index in [1.807, 2.05) is 65.6 Å². The molecular weight excluding hydrogens is 685 g/mol. The molecule has 0 bridgehead atoms. The van der Waals surface area contributed by atoms with Gasteiger partial charge in [-0.25, -0.2) is 14.4 Å². The molecule has 0 unspecified atom stereocenters. The quantitative estimate of drug-likeness (QED) is 0.120. The Labute approximate surface area is 307 Å². The predicted molar refractivity (Wildman–Crippen MR) is 195 cm³/mol. The average molecular weight is 729 g/mol. The smallest absolute Gasteiger partial charge is 0.410 e. The molecule has 0 radical (unpaired) electrons. The van der Waals surface area contributed by atoms with Crippen molar-refractivity contribution in [2.45, 2.75) is 75.2 Å². The van der Waals surface area contributed by atoms with Gasteiger partial charge in [0.1, 0.15) is 23.6 Å². The van der Waals surface area contributed by atoms with Gasteiger partial charge in [0.05, 0.1) is 0 Å². The lowest BCUT2D eigenvalue weighted by molar-refractivity contribution is -0.164. The molecule has 0 saturated carbocycles. The van der Waals surface area contributed by atoms with Crippen molar-refractivity contribution in [2.75, 3.05) is 26.2 Å². The molecule has 13 heteroatoms. The minimum atomic E-state index is -1.16. The van der Waals surface area contributed by atoms with Gasteiger partial charge in [-0.15, -0.1) is 11.8 Å². The molecule has 3 saturated heterocycles. The molecule has 4 amide bonds. The van der Waals surface area contributed by atoms with E-state index in [2.05, 4.69) is 11.9 Å². The molecule has 12 nitrogen and oxygen atoms in total. The van der Waals surface area contributed by atoms with E-state index < -0.39 is 53.2 Å². The number of nitrogens with zero attached hydrogens (tertiary/aromatic N) is 3. The van der Waals surface area contributed by atoms with E-state index in [0.29, 0.717) is 50.0 Å². The first-order valence-corrected chi connectivity index (χ1v) is 18.4. The number of carbonyl (C=O) groups excluding carboxylic acids is 5. The summed E-state index contributed by atoms with van der Waals surface area (Å²) in [5.74, 6) is -1.25. The maximum atomic E-state index is 14.4. The Balaban J connectivity index is 1.24. The van der Waals surface area contributed by atoms with Crippen molar-refractivity contribution in [3.63, 3.8) is 0 Å². The number of fused-ring (bicyclic) bond motifs is 1. The number of hydrogen-bond acceptors (Lipinski definition) is 9. The van der Waals surface area contributed by atoms with Crippen LogP contribution in [-0.4, -0.2) is 100 Å². The maximum Gasteiger partial charge on any atom is 0.410 e. The van der Waals surface area contributed by atoms with Gasteiger partial charge in [0.15, 0.2) is 12.1 Å². The lowest BCUT2D eigenvalue weighted by atomic mass is 9.95. The predicted octanol–water partition coefficient (Wildman–Crippen LogP) is 5.33. The van der Waals surface area contributed by atoms with Crippen molar-refractivity contribution in [3.8, 4) is 0 Å². The second-order valence-electron chi connectivity index (χ2n) is 14.1. The topological polar surface area (TPSA) is 135 Å². The van der Waals surface area contributed by atoms with E-state index in [4.69, 9.17) is 14.2 Å². The molecule has 0 aliphatic carbocycles. The van der Waals surface area contributed by atoms with E-state index in [0.717, 1.165) is 11.1 Å². The lowest BCUT2D eigenvalue weighted by Gasteiger charge is -2.51. The SMILES string of the molecule is C=CCOC(=O)N1CCC(N2CC/C(=C\C3=CS[C@@H]4[C@H](NC(=O)OC(C)(C)C)C(=O)N4[C@H]3C(=O)OC(c3ccccc3)c3ccccc3)C2=O)CC1. The Kier molecular flexibility index (Phi) is 11.1. The summed E-state index contributed by atoms with van der Waals surface area (Å²) >= 11 is 1.29. The molecule has 4 heterocycles. The first kappa shape index (κ1) is 36.7. The Morgan fingerprint density at radius 2 is 1.62 bits per heavy atom. The minimum Gasteiger partial charge on any atom is -0.451 e. The van der Waals surface area contributed by atoms with Crippen LogP contribution in [0.3, 0.4) is 0 Å². The van der Waals surface area contributed by atoms with Crippen LogP contribution in [0.5, 0.6) is 0 Å². The number of likely N-dealkylation sites (tertiary alicyclic amines) is 2. The number of rotatable bonds is 9. The van der Waals surface area contributed by atoms with Crippen LogP contribution in [0.2, 0.25) is 0 Å². The average Bonchev–Trinajstić information content (AvgIpc) is 3.50. The Morgan fingerprint density at radius 3 is 2.21 bits per heavy atom. The Morgan fingerprint density at radius 1 is 0.981 bits per heavy atom. The highest BCUT2D eigenvalue weighted by molar-refractivity contribution is 8.03. The number of nitrogens with one attached hydrogen (secondary N) is 1. The van der Waals surface area contributed by atoms with E-state index in [1.54, 1.807) is 37.2 Å². The van der Waals surface area contributed by atoms with Gasteiger partial charge < -0.3 is 34.2 Å². The summed E-state index contributed by atoms with van der Waals surface area (Å²) in [6.45, 7) is 10.4. The van der Waals surface area contributed by atoms with Crippen molar-refractivity contribution in [1.29, 1.82) is 0 Å². The third-order valence-corrected chi connectivity index (χ3v) is 10.5. The van der Waals surface area contributed by atoms with Crippen LogP contribution < -0.4 is 5.32 Å². The van der Waals surface area contributed by atoms with Crippen molar-refractivity contribution in [3.05, 3.63) is 107 Å². The van der Waals surface area contributed by atoms with E-state index >= 15 is 0 Å². The molecule has 2 aromatic carbocycles. The number of β-lactam (4-membered cyclic amide) rings is 1. The molecule has 0 spiro atoms. The fourth-order valence-corrected chi connectivity index (χ4v) is 8.06. The van der Waals surface area contributed by atoms with Gasteiger partial charge in [0, 0.05) is 31.2 Å². The summed E-state index contributed by atoms with van der Waals surface area (Å²) in [6.07, 6.45) is 3.04. The van der Waals surface area contributed by atoms with Gasteiger partial charge in [0.25, 0.3) is 0 Å². The molecular formula is C39H44N4O8S. The number of amides is 4. The monoisotopic (exact) mass is 728 g/mol. The van der Waals surface area contributed by atoms with Gasteiger partial charge >= 0.3 is 18.2 Å². The number of alkyl carbamates (subject to hydrolysis) is 1. The van der Waals surface area contributed by atoms with Crippen LogP contribution in [0.25, 0.3) is 0 Å². The number of esters is 1. The number of carbonyl (C=O) groups is 5. The number of thioether (sulfide) groups is 1. The van der Waals surface area contributed by atoms with Gasteiger partial charge in [-0.3, -0.25) is 9.59 Å². The zero-order valence-electron chi connectivity index (χ0n) is 29.6. The lowest BCUT2D eigenvalue weighted by Crippen LogP contribution is -2.74. The number of hydrogen-bond donors (Lipinski definition) is 1. The van der Waals surface area contributed by atoms with Gasteiger partial charge in [-0.2, -0.15) is 0 Å². The largest absolute Gasteiger partial charge is 0.451 e.